The molecule has 0 amide bonds. The molecule has 0 bridgehead atoms. The van der Waals surface area contributed by atoms with Gasteiger partial charge in [-0.15, -0.1) is 0 Å². The Bertz CT molecular complexity index is 485. The summed E-state index contributed by atoms with van der Waals surface area (Å²) in [6.07, 6.45) is 5.73. The van der Waals surface area contributed by atoms with E-state index in [0.717, 1.165) is 45.4 Å². The van der Waals surface area contributed by atoms with Gasteiger partial charge in [-0.2, -0.15) is 5.26 Å². The molecule has 0 radical (unpaired) electrons. The van der Waals surface area contributed by atoms with Crippen molar-refractivity contribution in [3.63, 3.8) is 0 Å². The van der Waals surface area contributed by atoms with E-state index in [9.17, 15) is 5.26 Å². The number of hydrogen-bond donors (Lipinski definition) is 1. The summed E-state index contributed by atoms with van der Waals surface area (Å²) < 4.78 is 0. The first-order chi connectivity index (χ1) is 10.4. The van der Waals surface area contributed by atoms with Crippen molar-refractivity contribution in [2.24, 2.45) is 0 Å². The van der Waals surface area contributed by atoms with E-state index >= 15 is 0 Å². The van der Waals surface area contributed by atoms with Crippen LogP contribution in [-0.4, -0.2) is 36.6 Å². The quantitative estimate of drug-likeness (QED) is 0.907. The van der Waals surface area contributed by atoms with E-state index in [-0.39, 0.29) is 5.54 Å². The van der Waals surface area contributed by atoms with Crippen LogP contribution in [0.5, 0.6) is 0 Å². The lowest BCUT2D eigenvalue weighted by Gasteiger charge is -2.46. The molecular formula is C18H25N3. The minimum absolute atomic E-state index is 0.300. The van der Waals surface area contributed by atoms with Gasteiger partial charge in [0.15, 0.2) is 0 Å². The first-order valence-corrected chi connectivity index (χ1v) is 8.29. The second-order valence-electron chi connectivity index (χ2n) is 6.34. The van der Waals surface area contributed by atoms with E-state index in [1.54, 1.807) is 0 Å². The van der Waals surface area contributed by atoms with E-state index in [1.165, 1.54) is 18.4 Å². The van der Waals surface area contributed by atoms with Gasteiger partial charge in [0.2, 0.25) is 0 Å². The summed E-state index contributed by atoms with van der Waals surface area (Å²) in [5.41, 5.74) is 1.04. The largest absolute Gasteiger partial charge is 0.315 e. The molecule has 3 rings (SSSR count). The molecule has 3 heteroatoms. The van der Waals surface area contributed by atoms with Gasteiger partial charge in [-0.1, -0.05) is 43.2 Å². The monoisotopic (exact) mass is 283 g/mol. The van der Waals surface area contributed by atoms with Gasteiger partial charge < -0.3 is 5.32 Å². The summed E-state index contributed by atoms with van der Waals surface area (Å²) in [5.74, 6) is 0.357. The molecule has 1 saturated heterocycles. The third-order valence-corrected chi connectivity index (χ3v) is 5.18. The summed E-state index contributed by atoms with van der Waals surface area (Å²) in [7, 11) is 0. The van der Waals surface area contributed by atoms with Gasteiger partial charge in [-0.25, -0.2) is 0 Å². The number of nitrogens with zero attached hydrogens (tertiary/aromatic N) is 2. The Kier molecular flexibility index (Phi) is 4.57. The number of nitriles is 1. The molecule has 0 spiro atoms. The van der Waals surface area contributed by atoms with E-state index in [1.807, 2.05) is 0 Å². The molecule has 0 aromatic heterocycles. The minimum Gasteiger partial charge on any atom is -0.315 e. The predicted molar refractivity (Wildman–Crippen MR) is 85.1 cm³/mol. The zero-order chi connectivity index (χ0) is 14.5. The molecule has 1 aromatic carbocycles. The maximum Gasteiger partial charge on any atom is 0.116 e. The lowest BCUT2D eigenvalue weighted by Crippen LogP contribution is -2.54. The molecule has 2 unspecified atom stereocenters. The van der Waals surface area contributed by atoms with Crippen molar-refractivity contribution in [2.75, 3.05) is 26.2 Å². The van der Waals surface area contributed by atoms with E-state index < -0.39 is 0 Å². The highest BCUT2D eigenvalue weighted by Gasteiger charge is 2.46. The zero-order valence-corrected chi connectivity index (χ0v) is 12.7. The normalized spacial score (nSPS) is 31.3. The van der Waals surface area contributed by atoms with Crippen molar-refractivity contribution in [1.82, 2.24) is 10.2 Å². The van der Waals surface area contributed by atoms with Crippen LogP contribution in [0.15, 0.2) is 30.3 Å². The highest BCUT2D eigenvalue weighted by atomic mass is 15.2. The Balaban J connectivity index is 1.94. The van der Waals surface area contributed by atoms with Crippen LogP contribution in [0.3, 0.4) is 0 Å². The van der Waals surface area contributed by atoms with Crippen LogP contribution in [-0.2, 0) is 0 Å². The number of rotatable bonds is 2. The molecule has 1 N–H and O–H groups in total. The molecule has 1 aliphatic carbocycles. The minimum atomic E-state index is -0.300. The van der Waals surface area contributed by atoms with Gasteiger partial charge in [0.05, 0.1) is 6.07 Å². The standard InChI is InChI=1S/C18H25N3/c19-15-18(21-13-6-11-20-12-14-21)10-5-4-9-17(18)16-7-2-1-3-8-16/h1-3,7-8,17,20H,4-6,9-14H2. The second-order valence-corrected chi connectivity index (χ2v) is 6.34. The average molecular weight is 283 g/mol. The van der Waals surface area contributed by atoms with Crippen molar-refractivity contribution >= 4 is 0 Å². The molecule has 3 nitrogen and oxygen atoms in total. The van der Waals surface area contributed by atoms with Gasteiger partial charge in [0, 0.05) is 25.6 Å². The summed E-state index contributed by atoms with van der Waals surface area (Å²) in [5, 5.41) is 13.6. The maximum atomic E-state index is 10.1. The van der Waals surface area contributed by atoms with Crippen LogP contribution < -0.4 is 5.32 Å². The maximum absolute atomic E-state index is 10.1. The van der Waals surface area contributed by atoms with Crippen LogP contribution in [0, 0.1) is 11.3 Å². The van der Waals surface area contributed by atoms with Crippen molar-refractivity contribution in [1.29, 1.82) is 5.26 Å². The van der Waals surface area contributed by atoms with Crippen molar-refractivity contribution in [3.05, 3.63) is 35.9 Å². The van der Waals surface area contributed by atoms with Crippen LogP contribution in [0.4, 0.5) is 0 Å². The molecule has 112 valence electrons. The van der Waals surface area contributed by atoms with Crippen LogP contribution in [0.25, 0.3) is 0 Å². The number of nitrogens with one attached hydrogen (secondary N) is 1. The van der Waals surface area contributed by atoms with Gasteiger partial charge in [-0.3, -0.25) is 4.90 Å². The first kappa shape index (κ1) is 14.6. The molecule has 2 fully saturated rings. The Morgan fingerprint density at radius 3 is 2.76 bits per heavy atom. The molecule has 1 heterocycles. The molecule has 1 saturated carbocycles. The highest BCUT2D eigenvalue weighted by molar-refractivity contribution is 5.30. The Labute approximate surface area is 128 Å². The summed E-state index contributed by atoms with van der Waals surface area (Å²) in [4.78, 5) is 2.48. The third-order valence-electron chi connectivity index (χ3n) is 5.18. The number of hydrogen-bond acceptors (Lipinski definition) is 3. The van der Waals surface area contributed by atoms with Crippen molar-refractivity contribution < 1.29 is 0 Å². The van der Waals surface area contributed by atoms with E-state index in [4.69, 9.17) is 0 Å². The van der Waals surface area contributed by atoms with Crippen LogP contribution in [0.2, 0.25) is 0 Å². The summed E-state index contributed by atoms with van der Waals surface area (Å²) in [6, 6.07) is 13.5. The molecule has 2 aliphatic rings. The molecule has 21 heavy (non-hydrogen) atoms. The first-order valence-electron chi connectivity index (χ1n) is 8.29. The van der Waals surface area contributed by atoms with Gasteiger partial charge in [0.25, 0.3) is 0 Å². The summed E-state index contributed by atoms with van der Waals surface area (Å²) >= 11 is 0. The SMILES string of the molecule is N#CC1(N2CCCNCC2)CCCCC1c1ccccc1. The Morgan fingerprint density at radius 1 is 1.10 bits per heavy atom. The molecule has 1 aliphatic heterocycles. The lowest BCUT2D eigenvalue weighted by atomic mass is 9.69. The second kappa shape index (κ2) is 6.60. The van der Waals surface area contributed by atoms with Crippen LogP contribution in [0.1, 0.15) is 43.6 Å². The molecular weight excluding hydrogens is 258 g/mol. The van der Waals surface area contributed by atoms with Crippen molar-refractivity contribution in [3.8, 4) is 6.07 Å². The fourth-order valence-electron chi connectivity index (χ4n) is 4.11. The highest BCUT2D eigenvalue weighted by Crippen LogP contribution is 2.44. The lowest BCUT2D eigenvalue weighted by molar-refractivity contribution is 0.0832. The molecule has 1 aromatic rings. The zero-order valence-electron chi connectivity index (χ0n) is 12.7. The summed E-state index contributed by atoms with van der Waals surface area (Å²) in [6.45, 7) is 4.12. The number of benzene rings is 1. The van der Waals surface area contributed by atoms with E-state index in [2.05, 4.69) is 46.6 Å². The predicted octanol–water partition coefficient (Wildman–Crippen LogP) is 2.90. The van der Waals surface area contributed by atoms with Crippen LogP contribution >= 0.6 is 0 Å². The van der Waals surface area contributed by atoms with Gasteiger partial charge >= 0.3 is 0 Å². The van der Waals surface area contributed by atoms with Crippen molar-refractivity contribution in [2.45, 2.75) is 43.6 Å². The third kappa shape index (κ3) is 2.84. The van der Waals surface area contributed by atoms with E-state index in [0.29, 0.717) is 5.92 Å². The fourth-order valence-corrected chi connectivity index (χ4v) is 4.11. The fraction of sp³-hybridized carbons (Fsp3) is 0.611. The average Bonchev–Trinajstić information content (AvgIpc) is 2.85. The Hall–Kier alpha value is -1.37. The van der Waals surface area contributed by atoms with Gasteiger partial charge in [0.1, 0.15) is 5.54 Å². The topological polar surface area (TPSA) is 39.1 Å². The molecule has 2 atom stereocenters. The smallest absolute Gasteiger partial charge is 0.116 e. The Morgan fingerprint density at radius 2 is 1.95 bits per heavy atom. The van der Waals surface area contributed by atoms with Gasteiger partial charge in [-0.05, 0) is 31.4 Å².